The molecule has 2 aromatic carbocycles. The Hall–Kier alpha value is -3.12. The average Bonchev–Trinajstić information content (AvgIpc) is 3.40. The quantitative estimate of drug-likeness (QED) is 0.358. The van der Waals surface area contributed by atoms with Gasteiger partial charge in [0.05, 0.1) is 38.7 Å². The Labute approximate surface area is 238 Å². The van der Waals surface area contributed by atoms with E-state index in [-0.39, 0.29) is 32.5 Å². The van der Waals surface area contributed by atoms with Crippen molar-refractivity contribution in [2.45, 2.75) is 60.5 Å². The van der Waals surface area contributed by atoms with Crippen molar-refractivity contribution in [1.82, 2.24) is 15.2 Å². The predicted octanol–water partition coefficient (Wildman–Crippen LogP) is 4.47. The molecule has 2 amide bonds. The zero-order valence-corrected chi connectivity index (χ0v) is 24.3. The maximum atomic E-state index is 13.2. The van der Waals surface area contributed by atoms with E-state index in [9.17, 15) is 18.0 Å². The van der Waals surface area contributed by atoms with Crippen molar-refractivity contribution in [3.63, 3.8) is 0 Å². The van der Waals surface area contributed by atoms with E-state index in [1.54, 1.807) is 23.5 Å². The van der Waals surface area contributed by atoms with Gasteiger partial charge in [0.1, 0.15) is 0 Å². The highest BCUT2D eigenvalue weighted by molar-refractivity contribution is 7.91. The number of rotatable bonds is 9. The van der Waals surface area contributed by atoms with Crippen LogP contribution in [0.4, 0.5) is 5.69 Å². The SMILES string of the molecule is CN(C)CCCOC1CCC(c2ncc(CNC(=O)c3ccc4c(c3)NC(=O)c3ccccc3S4(=O)=O)s2)CC1. The Morgan fingerprint density at radius 2 is 1.90 bits per heavy atom. The van der Waals surface area contributed by atoms with Crippen molar-refractivity contribution in [2.75, 3.05) is 32.6 Å². The standard InChI is InChI=1S/C29H34N4O5S2/c1-33(2)14-5-15-38-21-11-8-19(9-12-21)29-31-18-22(39-29)17-30-27(34)20-10-13-26-24(16-20)32-28(35)23-6-3-4-7-25(23)40(26,36)37/h3-4,6-7,10,13,16,18-19,21H,5,8-9,11-12,14-15,17H2,1-2H3,(H,30,34)(H,32,35). The first kappa shape index (κ1) is 28.4. The van der Waals surface area contributed by atoms with Crippen LogP contribution in [-0.4, -0.2) is 63.5 Å². The van der Waals surface area contributed by atoms with Gasteiger partial charge in [-0.2, -0.15) is 0 Å². The largest absolute Gasteiger partial charge is 0.378 e. The summed E-state index contributed by atoms with van der Waals surface area (Å²) in [5.74, 6) is -0.481. The monoisotopic (exact) mass is 582 g/mol. The molecule has 40 heavy (non-hydrogen) atoms. The molecule has 2 heterocycles. The van der Waals surface area contributed by atoms with Crippen LogP contribution < -0.4 is 10.6 Å². The minimum atomic E-state index is -3.92. The van der Waals surface area contributed by atoms with Gasteiger partial charge in [-0.05, 0) is 83.1 Å². The molecule has 3 aromatic rings. The van der Waals surface area contributed by atoms with E-state index in [1.807, 2.05) is 6.20 Å². The van der Waals surface area contributed by atoms with Gasteiger partial charge in [0.2, 0.25) is 9.84 Å². The summed E-state index contributed by atoms with van der Waals surface area (Å²) in [6, 6.07) is 10.3. The van der Waals surface area contributed by atoms with Crippen LogP contribution in [0.2, 0.25) is 0 Å². The number of benzene rings is 2. The highest BCUT2D eigenvalue weighted by Crippen LogP contribution is 2.36. The molecule has 1 aliphatic heterocycles. The lowest BCUT2D eigenvalue weighted by atomic mass is 9.88. The van der Waals surface area contributed by atoms with Crippen molar-refractivity contribution in [3.8, 4) is 0 Å². The van der Waals surface area contributed by atoms with Crippen molar-refractivity contribution < 1.29 is 22.7 Å². The van der Waals surface area contributed by atoms with Gasteiger partial charge < -0.3 is 20.3 Å². The third-order valence-electron chi connectivity index (χ3n) is 7.32. The second kappa shape index (κ2) is 12.2. The molecule has 1 fully saturated rings. The van der Waals surface area contributed by atoms with E-state index < -0.39 is 15.7 Å². The summed E-state index contributed by atoms with van der Waals surface area (Å²) in [6.45, 7) is 2.15. The molecule has 2 aliphatic rings. The van der Waals surface area contributed by atoms with E-state index >= 15 is 0 Å². The van der Waals surface area contributed by atoms with E-state index in [0.29, 0.717) is 18.6 Å². The topological polar surface area (TPSA) is 118 Å². The Balaban J connectivity index is 1.17. The molecule has 0 unspecified atom stereocenters. The molecule has 0 radical (unpaired) electrons. The van der Waals surface area contributed by atoms with Crippen LogP contribution in [0, 0.1) is 0 Å². The zero-order chi connectivity index (χ0) is 28.3. The van der Waals surface area contributed by atoms with Gasteiger partial charge in [-0.25, -0.2) is 13.4 Å². The van der Waals surface area contributed by atoms with E-state index in [1.165, 1.54) is 30.3 Å². The third-order valence-corrected chi connectivity index (χ3v) is 10.4. The van der Waals surface area contributed by atoms with Crippen LogP contribution in [0.15, 0.2) is 58.5 Å². The smallest absolute Gasteiger partial charge is 0.257 e. The fourth-order valence-corrected chi connectivity index (χ4v) is 7.79. The van der Waals surface area contributed by atoms with Gasteiger partial charge in [-0.1, -0.05) is 12.1 Å². The van der Waals surface area contributed by atoms with Gasteiger partial charge in [0.25, 0.3) is 11.8 Å². The Morgan fingerprint density at radius 3 is 2.67 bits per heavy atom. The van der Waals surface area contributed by atoms with Crippen LogP contribution in [0.5, 0.6) is 0 Å². The number of hydrogen-bond acceptors (Lipinski definition) is 8. The van der Waals surface area contributed by atoms with Crippen LogP contribution in [0.1, 0.15) is 68.6 Å². The summed E-state index contributed by atoms with van der Waals surface area (Å²) in [5, 5.41) is 6.63. The lowest BCUT2D eigenvalue weighted by Crippen LogP contribution is -2.23. The summed E-state index contributed by atoms with van der Waals surface area (Å²) in [5.41, 5.74) is 0.423. The number of nitrogens with one attached hydrogen (secondary N) is 2. The first-order valence-electron chi connectivity index (χ1n) is 13.5. The summed E-state index contributed by atoms with van der Waals surface area (Å²) >= 11 is 1.61. The Kier molecular flexibility index (Phi) is 8.65. The summed E-state index contributed by atoms with van der Waals surface area (Å²) < 4.78 is 32.4. The molecule has 9 nitrogen and oxygen atoms in total. The molecule has 0 bridgehead atoms. The molecule has 0 saturated heterocycles. The molecule has 1 saturated carbocycles. The molecule has 212 valence electrons. The maximum absolute atomic E-state index is 13.2. The molecule has 0 spiro atoms. The zero-order valence-electron chi connectivity index (χ0n) is 22.7. The number of sulfone groups is 1. The Bertz CT molecular complexity index is 1490. The number of amides is 2. The van der Waals surface area contributed by atoms with E-state index in [0.717, 1.165) is 55.1 Å². The first-order chi connectivity index (χ1) is 19.2. The molecule has 2 N–H and O–H groups in total. The van der Waals surface area contributed by atoms with Crippen LogP contribution in [0.3, 0.4) is 0 Å². The molecule has 1 aliphatic carbocycles. The second-order valence-corrected chi connectivity index (χ2v) is 13.5. The van der Waals surface area contributed by atoms with Crippen molar-refractivity contribution in [3.05, 3.63) is 69.7 Å². The first-order valence-corrected chi connectivity index (χ1v) is 15.8. The molecule has 11 heteroatoms. The van der Waals surface area contributed by atoms with Crippen LogP contribution in [-0.2, 0) is 21.1 Å². The Morgan fingerprint density at radius 1 is 1.12 bits per heavy atom. The molecule has 0 atom stereocenters. The number of aromatic nitrogens is 1. The lowest BCUT2D eigenvalue weighted by Gasteiger charge is -2.27. The van der Waals surface area contributed by atoms with Gasteiger partial charge in [-0.3, -0.25) is 9.59 Å². The van der Waals surface area contributed by atoms with Crippen molar-refractivity contribution in [1.29, 1.82) is 0 Å². The number of nitrogens with zero attached hydrogens (tertiary/aromatic N) is 2. The fraction of sp³-hybridized carbons (Fsp3) is 0.414. The lowest BCUT2D eigenvalue weighted by molar-refractivity contribution is 0.0213. The molecular formula is C29H34N4O5S2. The molecular weight excluding hydrogens is 548 g/mol. The molecule has 1 aromatic heterocycles. The highest BCUT2D eigenvalue weighted by Gasteiger charge is 2.31. The predicted molar refractivity (Wildman–Crippen MR) is 154 cm³/mol. The second-order valence-electron chi connectivity index (χ2n) is 10.5. The molecule has 5 rings (SSSR count). The van der Waals surface area contributed by atoms with Gasteiger partial charge in [0, 0.05) is 29.2 Å². The van der Waals surface area contributed by atoms with Crippen LogP contribution >= 0.6 is 11.3 Å². The highest BCUT2D eigenvalue weighted by atomic mass is 32.2. The number of carbonyl (C=O) groups excluding carboxylic acids is 2. The number of ether oxygens (including phenoxy) is 1. The number of hydrogen-bond donors (Lipinski definition) is 2. The minimum absolute atomic E-state index is 0.0388. The number of fused-ring (bicyclic) bond motifs is 2. The normalized spacial score (nSPS) is 19.8. The summed E-state index contributed by atoms with van der Waals surface area (Å²) in [6.07, 6.45) is 7.35. The van der Waals surface area contributed by atoms with Crippen LogP contribution in [0.25, 0.3) is 0 Å². The fourth-order valence-electron chi connectivity index (χ4n) is 5.17. The van der Waals surface area contributed by atoms with E-state index in [4.69, 9.17) is 4.74 Å². The van der Waals surface area contributed by atoms with Crippen molar-refractivity contribution >= 4 is 38.7 Å². The third kappa shape index (κ3) is 6.27. The number of anilines is 1. The van der Waals surface area contributed by atoms with Crippen molar-refractivity contribution in [2.24, 2.45) is 0 Å². The van der Waals surface area contributed by atoms with Gasteiger partial charge in [-0.15, -0.1) is 11.3 Å². The van der Waals surface area contributed by atoms with Gasteiger partial charge in [0.15, 0.2) is 0 Å². The summed E-state index contributed by atoms with van der Waals surface area (Å²) in [7, 11) is 0.223. The van der Waals surface area contributed by atoms with E-state index in [2.05, 4.69) is 34.6 Å². The minimum Gasteiger partial charge on any atom is -0.378 e. The number of thiazole rings is 1. The summed E-state index contributed by atoms with van der Waals surface area (Å²) in [4.78, 5) is 33.3. The maximum Gasteiger partial charge on any atom is 0.257 e. The van der Waals surface area contributed by atoms with Gasteiger partial charge >= 0.3 is 0 Å². The number of carbonyl (C=O) groups is 2. The average molecular weight is 583 g/mol.